The van der Waals surface area contributed by atoms with Gasteiger partial charge in [0.1, 0.15) is 11.4 Å². The molecule has 1 N–H and O–H groups in total. The van der Waals surface area contributed by atoms with Crippen molar-refractivity contribution in [2.24, 2.45) is 0 Å². The van der Waals surface area contributed by atoms with Crippen molar-refractivity contribution < 1.29 is 14.3 Å². The Hall–Kier alpha value is -4.39. The summed E-state index contributed by atoms with van der Waals surface area (Å²) in [5, 5.41) is 7.68. The maximum absolute atomic E-state index is 13.4. The molecule has 1 saturated heterocycles. The van der Waals surface area contributed by atoms with E-state index in [1.165, 1.54) is 0 Å². The van der Waals surface area contributed by atoms with Gasteiger partial charge in [0.05, 0.1) is 18.4 Å². The van der Waals surface area contributed by atoms with E-state index in [4.69, 9.17) is 9.84 Å². The number of methoxy groups -OCH3 is 1. The average molecular weight is 467 g/mol. The highest BCUT2D eigenvalue weighted by molar-refractivity contribution is 6.08. The van der Waals surface area contributed by atoms with Gasteiger partial charge in [-0.2, -0.15) is 5.10 Å². The molecule has 3 aromatic carbocycles. The number of carbonyl (C=O) groups is 2. The first kappa shape index (κ1) is 22.4. The lowest BCUT2D eigenvalue weighted by atomic mass is 10.1. The fourth-order valence-corrected chi connectivity index (χ4v) is 4.29. The van der Waals surface area contributed by atoms with Crippen molar-refractivity contribution in [2.45, 2.75) is 12.8 Å². The van der Waals surface area contributed by atoms with E-state index in [2.05, 4.69) is 5.32 Å². The molecule has 2 heterocycles. The predicted octanol–water partition coefficient (Wildman–Crippen LogP) is 5.04. The van der Waals surface area contributed by atoms with Crippen molar-refractivity contribution >= 4 is 17.5 Å². The van der Waals surface area contributed by atoms with Gasteiger partial charge in [-0.25, -0.2) is 4.68 Å². The third-order valence-corrected chi connectivity index (χ3v) is 6.12. The van der Waals surface area contributed by atoms with Crippen LogP contribution in [0.25, 0.3) is 16.9 Å². The minimum absolute atomic E-state index is 0.0305. The van der Waals surface area contributed by atoms with Crippen molar-refractivity contribution in [3.05, 3.63) is 96.2 Å². The summed E-state index contributed by atoms with van der Waals surface area (Å²) in [6, 6.07) is 24.1. The van der Waals surface area contributed by atoms with Gasteiger partial charge in [-0.1, -0.05) is 30.3 Å². The van der Waals surface area contributed by atoms with Crippen molar-refractivity contribution in [1.29, 1.82) is 0 Å². The molecule has 5 rings (SSSR count). The van der Waals surface area contributed by atoms with Crippen molar-refractivity contribution in [2.75, 3.05) is 25.5 Å². The number of hydrogen-bond donors (Lipinski definition) is 1. The predicted molar refractivity (Wildman–Crippen MR) is 135 cm³/mol. The van der Waals surface area contributed by atoms with Crippen LogP contribution in [0.3, 0.4) is 0 Å². The highest BCUT2D eigenvalue weighted by Gasteiger charge is 2.22. The second-order valence-corrected chi connectivity index (χ2v) is 8.40. The van der Waals surface area contributed by atoms with E-state index in [0.717, 1.165) is 37.2 Å². The van der Waals surface area contributed by atoms with Gasteiger partial charge >= 0.3 is 0 Å². The maximum atomic E-state index is 13.4. The fraction of sp³-hybridized carbons (Fsp3) is 0.179. The Bertz CT molecular complexity index is 1340. The lowest BCUT2D eigenvalue weighted by molar-refractivity contribution is 0.0792. The minimum atomic E-state index is -0.299. The van der Waals surface area contributed by atoms with E-state index in [0.29, 0.717) is 28.3 Å². The van der Waals surface area contributed by atoms with Crippen LogP contribution in [-0.2, 0) is 0 Å². The summed E-state index contributed by atoms with van der Waals surface area (Å²) < 4.78 is 7.22. The van der Waals surface area contributed by atoms with Crippen LogP contribution in [0.5, 0.6) is 5.75 Å². The molecule has 7 nitrogen and oxygen atoms in total. The Morgan fingerprint density at radius 2 is 1.57 bits per heavy atom. The summed E-state index contributed by atoms with van der Waals surface area (Å²) in [5.41, 5.74) is 3.72. The maximum Gasteiger partial charge on any atom is 0.259 e. The Labute approximate surface area is 204 Å². The Morgan fingerprint density at radius 3 is 2.29 bits per heavy atom. The SMILES string of the molecule is COc1ccccc1-c1nn(-c2ccccc2)cc1C(=O)Nc1ccc(C(=O)N2CCCC2)cc1. The van der Waals surface area contributed by atoms with Gasteiger partial charge < -0.3 is 15.0 Å². The standard InChI is InChI=1S/C28H26N4O3/c1-35-25-12-6-5-11-23(25)26-24(19-32(30-26)22-9-3-2-4-10-22)27(33)29-21-15-13-20(14-16-21)28(34)31-17-7-8-18-31/h2-6,9-16,19H,7-8,17-18H2,1H3,(H,29,33). The molecule has 1 aromatic heterocycles. The summed E-state index contributed by atoms with van der Waals surface area (Å²) >= 11 is 0. The molecule has 35 heavy (non-hydrogen) atoms. The molecule has 2 amide bonds. The average Bonchev–Trinajstić information content (AvgIpc) is 3.60. The van der Waals surface area contributed by atoms with Crippen LogP contribution >= 0.6 is 0 Å². The number of anilines is 1. The molecular weight excluding hydrogens is 440 g/mol. The second-order valence-electron chi connectivity index (χ2n) is 8.40. The fourth-order valence-electron chi connectivity index (χ4n) is 4.29. The highest BCUT2D eigenvalue weighted by atomic mass is 16.5. The van der Waals surface area contributed by atoms with E-state index in [1.54, 1.807) is 42.3 Å². The van der Waals surface area contributed by atoms with Crippen LogP contribution in [0, 0.1) is 0 Å². The first-order valence-corrected chi connectivity index (χ1v) is 11.6. The third-order valence-electron chi connectivity index (χ3n) is 6.12. The van der Waals surface area contributed by atoms with Gasteiger partial charge in [-0.15, -0.1) is 0 Å². The van der Waals surface area contributed by atoms with E-state index in [9.17, 15) is 9.59 Å². The lowest BCUT2D eigenvalue weighted by Gasteiger charge is -2.15. The summed E-state index contributed by atoms with van der Waals surface area (Å²) in [7, 11) is 1.60. The second kappa shape index (κ2) is 9.85. The molecule has 0 radical (unpaired) electrons. The number of ether oxygens (including phenoxy) is 1. The largest absolute Gasteiger partial charge is 0.496 e. The zero-order valence-electron chi connectivity index (χ0n) is 19.5. The van der Waals surface area contributed by atoms with Gasteiger partial charge in [-0.05, 0) is 61.4 Å². The van der Waals surface area contributed by atoms with Crippen LogP contribution in [0.15, 0.2) is 85.1 Å². The van der Waals surface area contributed by atoms with Gasteiger partial charge in [0.15, 0.2) is 0 Å². The normalized spacial score (nSPS) is 13.0. The molecule has 0 bridgehead atoms. The number of para-hydroxylation sites is 2. The first-order valence-electron chi connectivity index (χ1n) is 11.6. The van der Waals surface area contributed by atoms with E-state index in [1.807, 2.05) is 59.5 Å². The molecule has 0 atom stereocenters. The van der Waals surface area contributed by atoms with Crippen LogP contribution in [-0.4, -0.2) is 46.7 Å². The van der Waals surface area contributed by atoms with Gasteiger partial charge in [0, 0.05) is 36.1 Å². The van der Waals surface area contributed by atoms with Crippen molar-refractivity contribution in [3.8, 4) is 22.7 Å². The lowest BCUT2D eigenvalue weighted by Crippen LogP contribution is -2.27. The Morgan fingerprint density at radius 1 is 0.886 bits per heavy atom. The summed E-state index contributed by atoms with van der Waals surface area (Å²) in [4.78, 5) is 27.9. The molecule has 0 unspecified atom stereocenters. The Kier molecular flexibility index (Phi) is 6.30. The van der Waals surface area contributed by atoms with Gasteiger partial charge in [-0.3, -0.25) is 9.59 Å². The molecule has 7 heteroatoms. The highest BCUT2D eigenvalue weighted by Crippen LogP contribution is 2.32. The van der Waals surface area contributed by atoms with Crippen LogP contribution in [0.2, 0.25) is 0 Å². The number of nitrogens with zero attached hydrogens (tertiary/aromatic N) is 3. The monoisotopic (exact) mass is 466 g/mol. The number of aromatic nitrogens is 2. The van der Waals surface area contributed by atoms with E-state index < -0.39 is 0 Å². The molecule has 1 aliphatic rings. The Balaban J connectivity index is 1.44. The summed E-state index contributed by atoms with van der Waals surface area (Å²) in [6.07, 6.45) is 3.81. The molecule has 176 valence electrons. The number of rotatable bonds is 6. The number of carbonyl (C=O) groups excluding carboxylic acids is 2. The number of amides is 2. The van der Waals surface area contributed by atoms with Crippen molar-refractivity contribution in [1.82, 2.24) is 14.7 Å². The number of hydrogen-bond acceptors (Lipinski definition) is 4. The summed E-state index contributed by atoms with van der Waals surface area (Å²) in [5.74, 6) is 0.360. The molecule has 0 saturated carbocycles. The van der Waals surface area contributed by atoms with Crippen LogP contribution in [0.1, 0.15) is 33.6 Å². The quantitative estimate of drug-likeness (QED) is 0.432. The molecule has 0 spiro atoms. The molecule has 1 aliphatic heterocycles. The number of benzene rings is 3. The molecular formula is C28H26N4O3. The van der Waals surface area contributed by atoms with Crippen LogP contribution in [0.4, 0.5) is 5.69 Å². The topological polar surface area (TPSA) is 76.5 Å². The zero-order valence-corrected chi connectivity index (χ0v) is 19.5. The van der Waals surface area contributed by atoms with E-state index in [-0.39, 0.29) is 11.8 Å². The summed E-state index contributed by atoms with van der Waals surface area (Å²) in [6.45, 7) is 1.60. The molecule has 0 aliphatic carbocycles. The van der Waals surface area contributed by atoms with Gasteiger partial charge in [0.25, 0.3) is 11.8 Å². The van der Waals surface area contributed by atoms with E-state index >= 15 is 0 Å². The van der Waals surface area contributed by atoms with Crippen molar-refractivity contribution in [3.63, 3.8) is 0 Å². The third kappa shape index (κ3) is 4.66. The molecule has 4 aromatic rings. The number of nitrogens with one attached hydrogen (secondary N) is 1. The smallest absolute Gasteiger partial charge is 0.259 e. The number of likely N-dealkylation sites (tertiary alicyclic amines) is 1. The van der Waals surface area contributed by atoms with Gasteiger partial charge in [0.2, 0.25) is 0 Å². The molecule has 1 fully saturated rings. The minimum Gasteiger partial charge on any atom is -0.496 e. The zero-order chi connectivity index (χ0) is 24.2. The first-order chi connectivity index (χ1) is 17.1. The van der Waals surface area contributed by atoms with Crippen LogP contribution < -0.4 is 10.1 Å².